The summed E-state index contributed by atoms with van der Waals surface area (Å²) >= 11 is 0. The largest absolute Gasteiger partial charge is 0.495 e. The number of nitrogen functional groups attached to an aromatic ring is 1. The highest BCUT2D eigenvalue weighted by molar-refractivity contribution is 7.85. The molecule has 0 saturated heterocycles. The zero-order chi connectivity index (χ0) is 14.6. The van der Waals surface area contributed by atoms with E-state index in [4.69, 9.17) is 10.5 Å². The average Bonchev–Trinajstić information content (AvgIpc) is 2.36. The van der Waals surface area contributed by atoms with Crippen molar-refractivity contribution in [1.29, 1.82) is 0 Å². The van der Waals surface area contributed by atoms with Crippen LogP contribution in [-0.4, -0.2) is 41.0 Å². The lowest BCUT2D eigenvalue weighted by Gasteiger charge is -2.21. The molecule has 1 atom stereocenters. The number of nitrogens with zero attached hydrogens (tertiary/aromatic N) is 1. The number of carbonyl (C=O) groups is 1. The van der Waals surface area contributed by atoms with Gasteiger partial charge in [0.05, 0.1) is 22.8 Å². The molecule has 1 unspecified atom stereocenters. The lowest BCUT2D eigenvalue weighted by molar-refractivity contribution is -0.128. The normalized spacial score (nSPS) is 12.3. The van der Waals surface area contributed by atoms with E-state index in [0.29, 0.717) is 16.3 Å². The summed E-state index contributed by atoms with van der Waals surface area (Å²) in [6, 6.07) is 4.96. The van der Waals surface area contributed by atoms with Crippen LogP contribution < -0.4 is 10.5 Å². The monoisotopic (exact) mass is 284 g/mol. The van der Waals surface area contributed by atoms with E-state index in [1.807, 2.05) is 13.8 Å². The Bertz CT molecular complexity index is 489. The third-order valence-corrected chi connectivity index (χ3v) is 4.19. The summed E-state index contributed by atoms with van der Waals surface area (Å²) in [6.07, 6.45) is 0. The molecule has 0 heterocycles. The number of benzene rings is 1. The smallest absolute Gasteiger partial charge is 0.235 e. The Kier molecular flexibility index (Phi) is 5.35. The van der Waals surface area contributed by atoms with Gasteiger partial charge in [0, 0.05) is 24.8 Å². The van der Waals surface area contributed by atoms with E-state index in [0.717, 1.165) is 0 Å². The minimum atomic E-state index is -1.44. The van der Waals surface area contributed by atoms with Gasteiger partial charge in [0.1, 0.15) is 11.5 Å². The maximum atomic E-state index is 12.2. The van der Waals surface area contributed by atoms with Crippen LogP contribution in [0.3, 0.4) is 0 Å². The van der Waals surface area contributed by atoms with E-state index in [1.165, 1.54) is 7.11 Å². The van der Waals surface area contributed by atoms with Gasteiger partial charge in [-0.15, -0.1) is 0 Å². The molecule has 0 spiro atoms. The number of ether oxygens (including phenoxy) is 1. The second-order valence-corrected chi connectivity index (χ2v) is 5.92. The van der Waals surface area contributed by atoms with Crippen molar-refractivity contribution in [3.05, 3.63) is 18.2 Å². The number of methoxy groups -OCH3 is 1. The first-order chi connectivity index (χ1) is 8.86. The van der Waals surface area contributed by atoms with Gasteiger partial charge in [-0.05, 0) is 26.0 Å². The molecular formula is C13H20N2O3S. The molecule has 0 aliphatic heterocycles. The van der Waals surface area contributed by atoms with Crippen molar-refractivity contribution in [2.75, 3.05) is 25.6 Å². The number of carbonyl (C=O) groups excluding carboxylic acids is 1. The Morgan fingerprint density at radius 2 is 2.11 bits per heavy atom. The zero-order valence-corrected chi connectivity index (χ0v) is 12.5. The first kappa shape index (κ1) is 15.5. The van der Waals surface area contributed by atoms with E-state index in [1.54, 1.807) is 30.1 Å². The van der Waals surface area contributed by atoms with Crippen LogP contribution in [-0.2, 0) is 15.6 Å². The molecule has 106 valence electrons. The number of hydrogen-bond donors (Lipinski definition) is 1. The molecule has 5 nitrogen and oxygen atoms in total. The summed E-state index contributed by atoms with van der Waals surface area (Å²) in [5.41, 5.74) is 6.17. The van der Waals surface area contributed by atoms with Crippen LogP contribution in [0.25, 0.3) is 0 Å². The molecule has 1 amide bonds. The van der Waals surface area contributed by atoms with Crippen molar-refractivity contribution in [2.24, 2.45) is 0 Å². The SMILES string of the molecule is COc1cc(N)ccc1S(=O)CC(=O)N(C)C(C)C. The highest BCUT2D eigenvalue weighted by Crippen LogP contribution is 2.25. The van der Waals surface area contributed by atoms with Crippen LogP contribution in [0.1, 0.15) is 13.8 Å². The Balaban J connectivity index is 2.87. The van der Waals surface area contributed by atoms with E-state index < -0.39 is 10.8 Å². The van der Waals surface area contributed by atoms with Crippen molar-refractivity contribution in [3.8, 4) is 5.75 Å². The summed E-state index contributed by atoms with van der Waals surface area (Å²) < 4.78 is 17.4. The van der Waals surface area contributed by atoms with Gasteiger partial charge in [0.25, 0.3) is 0 Å². The predicted molar refractivity (Wildman–Crippen MR) is 76.6 cm³/mol. The maximum Gasteiger partial charge on any atom is 0.235 e. The number of nitrogens with two attached hydrogens (primary N) is 1. The standard InChI is InChI=1S/C13H20N2O3S/c1-9(2)15(3)13(16)8-19(17)12-6-5-10(14)7-11(12)18-4/h5-7,9H,8,14H2,1-4H3. The molecular weight excluding hydrogens is 264 g/mol. The van der Waals surface area contributed by atoms with Crippen LogP contribution in [0.2, 0.25) is 0 Å². The first-order valence-electron chi connectivity index (χ1n) is 5.94. The fourth-order valence-corrected chi connectivity index (χ4v) is 2.62. The Morgan fingerprint density at radius 3 is 2.63 bits per heavy atom. The Morgan fingerprint density at radius 1 is 1.47 bits per heavy atom. The van der Waals surface area contributed by atoms with Crippen molar-refractivity contribution < 1.29 is 13.7 Å². The Labute approximate surface area is 116 Å². The van der Waals surface area contributed by atoms with Crippen molar-refractivity contribution in [1.82, 2.24) is 4.90 Å². The van der Waals surface area contributed by atoms with Crippen molar-refractivity contribution in [2.45, 2.75) is 24.8 Å². The van der Waals surface area contributed by atoms with E-state index in [2.05, 4.69) is 0 Å². The molecule has 1 aromatic carbocycles. The number of amides is 1. The van der Waals surface area contributed by atoms with Crippen molar-refractivity contribution in [3.63, 3.8) is 0 Å². The number of hydrogen-bond acceptors (Lipinski definition) is 4. The van der Waals surface area contributed by atoms with Crippen LogP contribution in [0.5, 0.6) is 5.75 Å². The zero-order valence-electron chi connectivity index (χ0n) is 11.7. The minimum absolute atomic E-state index is 0.0606. The molecule has 1 rings (SSSR count). The quantitative estimate of drug-likeness (QED) is 0.826. The molecule has 6 heteroatoms. The fraction of sp³-hybridized carbons (Fsp3) is 0.462. The summed E-state index contributed by atoms with van der Waals surface area (Å²) in [7, 11) is 1.74. The number of rotatable bonds is 5. The van der Waals surface area contributed by atoms with Gasteiger partial charge >= 0.3 is 0 Å². The molecule has 1 aromatic rings. The third-order valence-electron chi connectivity index (χ3n) is 2.86. The summed E-state index contributed by atoms with van der Waals surface area (Å²) in [6.45, 7) is 3.81. The van der Waals surface area contributed by atoms with Crippen LogP contribution in [0.4, 0.5) is 5.69 Å². The molecule has 0 radical (unpaired) electrons. The third kappa shape index (κ3) is 3.96. The molecule has 19 heavy (non-hydrogen) atoms. The van der Waals surface area contributed by atoms with E-state index in [-0.39, 0.29) is 17.7 Å². The molecule has 0 fully saturated rings. The summed E-state index contributed by atoms with van der Waals surface area (Å²) in [4.78, 5) is 14.0. The molecule has 0 aromatic heterocycles. The summed E-state index contributed by atoms with van der Waals surface area (Å²) in [5.74, 6) is 0.222. The topological polar surface area (TPSA) is 72.6 Å². The van der Waals surface area contributed by atoms with Gasteiger partial charge < -0.3 is 15.4 Å². The molecule has 0 aliphatic carbocycles. The molecule has 0 aliphatic rings. The molecule has 0 bridgehead atoms. The van der Waals surface area contributed by atoms with Gasteiger partial charge in [-0.25, -0.2) is 0 Å². The lowest BCUT2D eigenvalue weighted by atomic mass is 10.3. The predicted octanol–water partition coefficient (Wildman–Crippen LogP) is 1.25. The van der Waals surface area contributed by atoms with Gasteiger partial charge in [-0.3, -0.25) is 9.00 Å². The summed E-state index contributed by atoms with van der Waals surface area (Å²) in [5, 5.41) is 0. The fourth-order valence-electron chi connectivity index (χ4n) is 1.45. The highest BCUT2D eigenvalue weighted by atomic mass is 32.2. The van der Waals surface area contributed by atoms with Crippen LogP contribution in [0, 0.1) is 0 Å². The first-order valence-corrected chi connectivity index (χ1v) is 7.26. The van der Waals surface area contributed by atoms with Gasteiger partial charge in [-0.1, -0.05) is 0 Å². The van der Waals surface area contributed by atoms with Gasteiger partial charge in [0.2, 0.25) is 5.91 Å². The number of anilines is 1. The second kappa shape index (κ2) is 6.56. The van der Waals surface area contributed by atoms with Crippen molar-refractivity contribution >= 4 is 22.4 Å². The van der Waals surface area contributed by atoms with E-state index in [9.17, 15) is 9.00 Å². The van der Waals surface area contributed by atoms with Crippen LogP contribution in [0.15, 0.2) is 23.1 Å². The highest BCUT2D eigenvalue weighted by Gasteiger charge is 2.18. The van der Waals surface area contributed by atoms with Gasteiger partial charge in [0.15, 0.2) is 0 Å². The molecule has 2 N–H and O–H groups in total. The second-order valence-electron chi connectivity index (χ2n) is 4.50. The average molecular weight is 284 g/mol. The Hall–Kier alpha value is -1.56. The van der Waals surface area contributed by atoms with E-state index >= 15 is 0 Å². The maximum absolute atomic E-state index is 12.2. The minimum Gasteiger partial charge on any atom is -0.495 e. The van der Waals surface area contributed by atoms with Crippen LogP contribution >= 0.6 is 0 Å². The molecule has 0 saturated carbocycles. The van der Waals surface area contributed by atoms with Gasteiger partial charge in [-0.2, -0.15) is 0 Å². The lowest BCUT2D eigenvalue weighted by Crippen LogP contribution is -2.36.